The van der Waals surface area contributed by atoms with Gasteiger partial charge in [-0.25, -0.2) is 4.99 Å². The normalized spacial score (nSPS) is 31.9. The number of rotatable bonds is 3. The largest absolute Gasteiger partial charge is 0.378 e. The molecule has 4 nitrogen and oxygen atoms in total. The quantitative estimate of drug-likeness (QED) is 0.432. The number of piperidine rings is 1. The maximum Gasteiger partial charge on any atom is 0.191 e. The van der Waals surface area contributed by atoms with Crippen molar-refractivity contribution in [2.75, 3.05) is 19.7 Å². The van der Waals surface area contributed by atoms with Crippen molar-refractivity contribution >= 4 is 29.9 Å². The first kappa shape index (κ1) is 18.3. The summed E-state index contributed by atoms with van der Waals surface area (Å²) in [6.07, 6.45) is 9.19. The highest BCUT2D eigenvalue weighted by Crippen LogP contribution is 2.56. The van der Waals surface area contributed by atoms with E-state index < -0.39 is 0 Å². The second kappa shape index (κ2) is 7.69. The second-order valence-electron chi connectivity index (χ2n) is 7.29. The van der Waals surface area contributed by atoms with E-state index in [1.807, 2.05) is 0 Å². The first-order valence-electron chi connectivity index (χ1n) is 8.85. The molecule has 0 aromatic carbocycles. The van der Waals surface area contributed by atoms with Crippen molar-refractivity contribution in [3.8, 4) is 0 Å². The molecule has 0 radical (unpaired) electrons. The van der Waals surface area contributed by atoms with Crippen LogP contribution in [0.15, 0.2) is 4.99 Å². The van der Waals surface area contributed by atoms with Crippen LogP contribution in [0.5, 0.6) is 0 Å². The predicted molar refractivity (Wildman–Crippen MR) is 102 cm³/mol. The summed E-state index contributed by atoms with van der Waals surface area (Å²) in [5, 5.41) is 0. The Bertz CT molecular complexity index is 387. The molecule has 0 amide bonds. The zero-order valence-corrected chi connectivity index (χ0v) is 16.4. The van der Waals surface area contributed by atoms with Gasteiger partial charge in [-0.15, -0.1) is 24.0 Å². The first-order valence-corrected chi connectivity index (χ1v) is 8.85. The molecular formula is C17H32IN3O. The van der Waals surface area contributed by atoms with Gasteiger partial charge in [0.1, 0.15) is 0 Å². The van der Waals surface area contributed by atoms with Crippen LogP contribution in [-0.4, -0.2) is 42.7 Å². The van der Waals surface area contributed by atoms with Crippen molar-refractivity contribution in [1.82, 2.24) is 4.90 Å². The summed E-state index contributed by atoms with van der Waals surface area (Å²) in [5.74, 6) is 1.62. The van der Waals surface area contributed by atoms with Crippen molar-refractivity contribution in [1.29, 1.82) is 0 Å². The summed E-state index contributed by atoms with van der Waals surface area (Å²) in [6, 6.07) is 0.399. The minimum Gasteiger partial charge on any atom is -0.378 e. The molecule has 3 aliphatic rings. The van der Waals surface area contributed by atoms with Crippen molar-refractivity contribution in [2.45, 2.75) is 70.9 Å². The molecule has 2 unspecified atom stereocenters. The van der Waals surface area contributed by atoms with Crippen LogP contribution >= 0.6 is 24.0 Å². The minimum absolute atomic E-state index is 0. The molecule has 2 aliphatic carbocycles. The van der Waals surface area contributed by atoms with E-state index in [1.165, 1.54) is 38.5 Å². The molecule has 1 saturated heterocycles. The highest BCUT2D eigenvalue weighted by atomic mass is 127. The standard InChI is InChI=1S/C17H31N3O.HI/c1-3-21-15-12-14(17(15)8-4-5-9-17)19-16(18)20-10-6-13(2)7-11-20;/h13-15H,3-12H2,1-2H3,(H2,18,19);1H. The molecule has 1 aliphatic heterocycles. The number of guanidine groups is 1. The summed E-state index contributed by atoms with van der Waals surface area (Å²) < 4.78 is 5.96. The van der Waals surface area contributed by atoms with Crippen LogP contribution < -0.4 is 5.73 Å². The first-order chi connectivity index (χ1) is 10.2. The Balaban J connectivity index is 0.00000176. The summed E-state index contributed by atoms with van der Waals surface area (Å²) in [6.45, 7) is 7.40. The predicted octanol–water partition coefficient (Wildman–Crippen LogP) is 3.39. The number of hydrogen-bond acceptors (Lipinski definition) is 2. The molecule has 3 fully saturated rings. The van der Waals surface area contributed by atoms with Crippen molar-refractivity contribution in [3.05, 3.63) is 0 Å². The van der Waals surface area contributed by atoms with Gasteiger partial charge < -0.3 is 15.4 Å². The van der Waals surface area contributed by atoms with E-state index in [9.17, 15) is 0 Å². The van der Waals surface area contributed by atoms with Crippen LogP contribution in [0, 0.1) is 11.3 Å². The van der Waals surface area contributed by atoms with E-state index in [0.717, 1.165) is 38.0 Å². The van der Waals surface area contributed by atoms with E-state index in [4.69, 9.17) is 15.5 Å². The van der Waals surface area contributed by atoms with E-state index in [-0.39, 0.29) is 24.0 Å². The van der Waals surface area contributed by atoms with Crippen LogP contribution in [0.3, 0.4) is 0 Å². The van der Waals surface area contributed by atoms with Crippen LogP contribution in [0.4, 0.5) is 0 Å². The molecule has 22 heavy (non-hydrogen) atoms. The molecular weight excluding hydrogens is 389 g/mol. The van der Waals surface area contributed by atoms with Crippen molar-refractivity contribution in [2.24, 2.45) is 22.1 Å². The average molecular weight is 421 g/mol. The van der Waals surface area contributed by atoms with E-state index in [2.05, 4.69) is 18.7 Å². The van der Waals surface area contributed by atoms with Crippen LogP contribution in [0.2, 0.25) is 0 Å². The highest BCUT2D eigenvalue weighted by Gasteiger charge is 2.57. The second-order valence-corrected chi connectivity index (χ2v) is 7.29. The fraction of sp³-hybridized carbons (Fsp3) is 0.941. The van der Waals surface area contributed by atoms with Gasteiger partial charge >= 0.3 is 0 Å². The van der Waals surface area contributed by atoms with Crippen molar-refractivity contribution in [3.63, 3.8) is 0 Å². The molecule has 128 valence electrons. The monoisotopic (exact) mass is 421 g/mol. The molecule has 1 spiro atoms. The van der Waals surface area contributed by atoms with E-state index >= 15 is 0 Å². The third-order valence-corrected chi connectivity index (χ3v) is 6.04. The lowest BCUT2D eigenvalue weighted by Gasteiger charge is -2.52. The number of nitrogens with zero attached hydrogens (tertiary/aromatic N) is 2. The van der Waals surface area contributed by atoms with Gasteiger partial charge in [0, 0.05) is 25.1 Å². The van der Waals surface area contributed by atoms with Crippen LogP contribution in [0.1, 0.15) is 58.8 Å². The van der Waals surface area contributed by atoms with Gasteiger partial charge in [-0.2, -0.15) is 0 Å². The minimum atomic E-state index is 0. The Morgan fingerprint density at radius 3 is 2.50 bits per heavy atom. The number of aliphatic imine (C=N–C) groups is 1. The Hall–Kier alpha value is -0.0400. The molecule has 2 atom stereocenters. The number of ether oxygens (including phenoxy) is 1. The third-order valence-electron chi connectivity index (χ3n) is 6.04. The maximum atomic E-state index is 6.31. The maximum absolute atomic E-state index is 6.31. The molecule has 1 heterocycles. The van der Waals surface area contributed by atoms with E-state index in [1.54, 1.807) is 0 Å². The Labute approximate surface area is 152 Å². The fourth-order valence-corrected chi connectivity index (χ4v) is 4.51. The highest BCUT2D eigenvalue weighted by molar-refractivity contribution is 14.0. The fourth-order valence-electron chi connectivity index (χ4n) is 4.51. The summed E-state index contributed by atoms with van der Waals surface area (Å²) in [7, 11) is 0. The number of hydrogen-bond donors (Lipinski definition) is 1. The lowest BCUT2D eigenvalue weighted by atomic mass is 9.61. The van der Waals surface area contributed by atoms with Gasteiger partial charge in [-0.3, -0.25) is 0 Å². The van der Waals surface area contributed by atoms with Gasteiger partial charge in [0.05, 0.1) is 12.1 Å². The Morgan fingerprint density at radius 2 is 1.91 bits per heavy atom. The van der Waals surface area contributed by atoms with Crippen LogP contribution in [0.25, 0.3) is 0 Å². The smallest absolute Gasteiger partial charge is 0.191 e. The Morgan fingerprint density at radius 1 is 1.27 bits per heavy atom. The molecule has 3 rings (SSSR count). The summed E-state index contributed by atoms with van der Waals surface area (Å²) >= 11 is 0. The number of nitrogens with two attached hydrogens (primary N) is 1. The third kappa shape index (κ3) is 3.40. The molecule has 5 heteroatoms. The zero-order valence-electron chi connectivity index (χ0n) is 14.1. The lowest BCUT2D eigenvalue weighted by Crippen LogP contribution is -2.57. The average Bonchev–Trinajstić information content (AvgIpc) is 2.99. The topological polar surface area (TPSA) is 50.9 Å². The Kier molecular flexibility index (Phi) is 6.39. The van der Waals surface area contributed by atoms with Crippen LogP contribution in [-0.2, 0) is 4.74 Å². The molecule has 0 aromatic heterocycles. The molecule has 2 N–H and O–H groups in total. The molecule has 0 aromatic rings. The number of likely N-dealkylation sites (tertiary alicyclic amines) is 1. The van der Waals surface area contributed by atoms with Gasteiger partial charge in [-0.05, 0) is 44.9 Å². The summed E-state index contributed by atoms with van der Waals surface area (Å²) in [4.78, 5) is 7.23. The van der Waals surface area contributed by atoms with Gasteiger partial charge in [0.25, 0.3) is 0 Å². The SMILES string of the molecule is CCOC1CC(N=C(N)N2CCC(C)CC2)C12CCCC2.I. The van der Waals surface area contributed by atoms with E-state index in [0.29, 0.717) is 17.6 Å². The summed E-state index contributed by atoms with van der Waals surface area (Å²) in [5.41, 5.74) is 6.62. The molecule has 2 saturated carbocycles. The molecule has 0 bridgehead atoms. The van der Waals surface area contributed by atoms with Crippen molar-refractivity contribution < 1.29 is 4.74 Å². The number of halogens is 1. The van der Waals surface area contributed by atoms with Gasteiger partial charge in [-0.1, -0.05) is 19.8 Å². The van der Waals surface area contributed by atoms with Gasteiger partial charge in [0.2, 0.25) is 0 Å². The van der Waals surface area contributed by atoms with Gasteiger partial charge in [0.15, 0.2) is 5.96 Å². The zero-order chi connectivity index (χ0) is 14.9. The lowest BCUT2D eigenvalue weighted by molar-refractivity contribution is -0.119.